The van der Waals surface area contributed by atoms with Crippen molar-refractivity contribution in [2.24, 2.45) is 0 Å². The summed E-state index contributed by atoms with van der Waals surface area (Å²) < 4.78 is 10.9. The van der Waals surface area contributed by atoms with Gasteiger partial charge < -0.3 is 20.1 Å². The van der Waals surface area contributed by atoms with Crippen LogP contribution in [0.5, 0.6) is 11.5 Å². The Morgan fingerprint density at radius 1 is 1.03 bits per heavy atom. The fourth-order valence-electron chi connectivity index (χ4n) is 2.93. The van der Waals surface area contributed by atoms with E-state index in [1.54, 1.807) is 37.5 Å². The Morgan fingerprint density at radius 3 is 2.41 bits per heavy atom. The summed E-state index contributed by atoms with van der Waals surface area (Å²) in [7, 11) is 1.60. The van der Waals surface area contributed by atoms with E-state index in [0.29, 0.717) is 11.3 Å². The molecule has 166 valence electrons. The number of rotatable bonds is 9. The van der Waals surface area contributed by atoms with Crippen LogP contribution in [-0.2, 0) is 4.79 Å². The molecular formula is C25H26N2O4S. The molecule has 1 heterocycles. The molecule has 0 fully saturated rings. The Morgan fingerprint density at radius 2 is 1.75 bits per heavy atom. The average Bonchev–Trinajstić information content (AvgIpc) is 3.31. The number of amides is 2. The Bertz CT molecular complexity index is 1080. The number of aryl methyl sites for hydroxylation is 1. The summed E-state index contributed by atoms with van der Waals surface area (Å²) in [6, 6.07) is 18.0. The maximum absolute atomic E-state index is 13.0. The van der Waals surface area contributed by atoms with Gasteiger partial charge in [-0.1, -0.05) is 24.3 Å². The second-order valence-corrected chi connectivity index (χ2v) is 8.18. The third kappa shape index (κ3) is 6.46. The highest BCUT2D eigenvalue weighted by Crippen LogP contribution is 2.17. The summed E-state index contributed by atoms with van der Waals surface area (Å²) in [5, 5.41) is 7.57. The number of carbonyl (C=O) groups is 2. The lowest BCUT2D eigenvalue weighted by Crippen LogP contribution is -2.41. The van der Waals surface area contributed by atoms with E-state index in [1.165, 1.54) is 11.3 Å². The van der Waals surface area contributed by atoms with Gasteiger partial charge in [0.25, 0.3) is 11.8 Å². The first-order chi connectivity index (χ1) is 15.5. The first-order valence-corrected chi connectivity index (χ1v) is 11.0. The van der Waals surface area contributed by atoms with Crippen molar-refractivity contribution in [2.45, 2.75) is 19.9 Å². The van der Waals surface area contributed by atoms with Crippen LogP contribution < -0.4 is 20.1 Å². The summed E-state index contributed by atoms with van der Waals surface area (Å²) in [5.41, 5.74) is 1.53. The van der Waals surface area contributed by atoms with E-state index in [0.717, 1.165) is 16.2 Å². The first kappa shape index (κ1) is 23.1. The molecule has 2 amide bonds. The maximum Gasteiger partial charge on any atom is 0.268 e. The molecule has 0 unspecified atom stereocenters. The highest BCUT2D eigenvalue weighted by molar-refractivity contribution is 7.10. The van der Waals surface area contributed by atoms with E-state index in [-0.39, 0.29) is 30.2 Å². The highest BCUT2D eigenvalue weighted by atomic mass is 32.1. The largest absolute Gasteiger partial charge is 0.497 e. The van der Waals surface area contributed by atoms with E-state index < -0.39 is 0 Å². The monoisotopic (exact) mass is 450 g/mol. The molecule has 0 aliphatic rings. The van der Waals surface area contributed by atoms with Crippen LogP contribution in [0, 0.1) is 6.92 Å². The van der Waals surface area contributed by atoms with Gasteiger partial charge in [0.05, 0.1) is 13.2 Å². The lowest BCUT2D eigenvalue weighted by Gasteiger charge is -2.17. The molecule has 2 aromatic carbocycles. The zero-order valence-electron chi connectivity index (χ0n) is 18.3. The van der Waals surface area contributed by atoms with Crippen LogP contribution in [0.1, 0.15) is 27.7 Å². The summed E-state index contributed by atoms with van der Waals surface area (Å²) in [6.45, 7) is 3.97. The number of nitrogens with one attached hydrogen (secondary N) is 2. The number of benzene rings is 2. The van der Waals surface area contributed by atoms with Crippen molar-refractivity contribution in [1.82, 2.24) is 10.6 Å². The average molecular weight is 451 g/mol. The van der Waals surface area contributed by atoms with Gasteiger partial charge in [0, 0.05) is 10.4 Å². The lowest BCUT2D eigenvalue weighted by molar-refractivity contribution is -0.118. The number of hydrogen-bond donors (Lipinski definition) is 2. The minimum atomic E-state index is -0.383. The smallest absolute Gasteiger partial charge is 0.268 e. The fourth-order valence-corrected chi connectivity index (χ4v) is 3.59. The summed E-state index contributed by atoms with van der Waals surface area (Å²) in [6.07, 6.45) is 1.67. The molecule has 0 radical (unpaired) electrons. The summed E-state index contributed by atoms with van der Waals surface area (Å²) in [5.74, 6) is 0.704. The third-order valence-corrected chi connectivity index (χ3v) is 5.47. The quantitative estimate of drug-likeness (QED) is 0.473. The SMILES string of the molecule is COc1ccc(OC[C@@H](C)NC(=O)/C(=C/c2cccs2)NC(=O)c2ccccc2C)cc1. The summed E-state index contributed by atoms with van der Waals surface area (Å²) in [4.78, 5) is 26.6. The first-order valence-electron chi connectivity index (χ1n) is 10.2. The van der Waals surface area contributed by atoms with Gasteiger partial charge in [-0.15, -0.1) is 11.3 Å². The molecule has 0 saturated carbocycles. The molecule has 2 N–H and O–H groups in total. The van der Waals surface area contributed by atoms with E-state index in [9.17, 15) is 9.59 Å². The molecule has 0 aliphatic heterocycles. The second kappa shape index (κ2) is 11.2. The number of hydrogen-bond acceptors (Lipinski definition) is 5. The van der Waals surface area contributed by atoms with Gasteiger partial charge in [0.1, 0.15) is 23.8 Å². The van der Waals surface area contributed by atoms with Crippen LogP contribution in [0.4, 0.5) is 0 Å². The minimum Gasteiger partial charge on any atom is -0.497 e. The molecule has 6 nitrogen and oxygen atoms in total. The van der Waals surface area contributed by atoms with Crippen molar-refractivity contribution < 1.29 is 19.1 Å². The predicted octanol–water partition coefficient (Wildman–Crippen LogP) is 4.42. The van der Waals surface area contributed by atoms with Crippen molar-refractivity contribution >= 4 is 29.2 Å². The molecule has 3 rings (SSSR count). The van der Waals surface area contributed by atoms with Gasteiger partial charge in [-0.3, -0.25) is 9.59 Å². The van der Waals surface area contributed by atoms with Crippen LogP contribution >= 0.6 is 11.3 Å². The molecule has 1 atom stereocenters. The lowest BCUT2D eigenvalue weighted by atomic mass is 10.1. The van der Waals surface area contributed by atoms with Crippen molar-refractivity contribution in [3.05, 3.63) is 87.7 Å². The predicted molar refractivity (Wildman–Crippen MR) is 127 cm³/mol. The van der Waals surface area contributed by atoms with Gasteiger partial charge in [0.2, 0.25) is 0 Å². The minimum absolute atomic E-state index is 0.178. The van der Waals surface area contributed by atoms with Crippen LogP contribution in [0.2, 0.25) is 0 Å². The Kier molecular flexibility index (Phi) is 8.05. The van der Waals surface area contributed by atoms with Gasteiger partial charge >= 0.3 is 0 Å². The van der Waals surface area contributed by atoms with Crippen LogP contribution in [-0.4, -0.2) is 31.6 Å². The number of ether oxygens (including phenoxy) is 2. The van der Waals surface area contributed by atoms with Crippen molar-refractivity contribution in [2.75, 3.05) is 13.7 Å². The zero-order valence-corrected chi connectivity index (χ0v) is 19.1. The molecule has 0 spiro atoms. The van der Waals surface area contributed by atoms with Crippen LogP contribution in [0.25, 0.3) is 6.08 Å². The number of methoxy groups -OCH3 is 1. The van der Waals surface area contributed by atoms with E-state index >= 15 is 0 Å². The van der Waals surface area contributed by atoms with Gasteiger partial charge in [-0.2, -0.15) is 0 Å². The molecule has 0 saturated heterocycles. The van der Waals surface area contributed by atoms with E-state index in [1.807, 2.05) is 55.6 Å². The topological polar surface area (TPSA) is 76.7 Å². The maximum atomic E-state index is 13.0. The zero-order chi connectivity index (χ0) is 22.9. The second-order valence-electron chi connectivity index (χ2n) is 7.20. The van der Waals surface area contributed by atoms with E-state index in [2.05, 4.69) is 10.6 Å². The molecule has 32 heavy (non-hydrogen) atoms. The van der Waals surface area contributed by atoms with E-state index in [4.69, 9.17) is 9.47 Å². The Balaban J connectivity index is 1.66. The normalized spacial score (nSPS) is 12.0. The Hall–Kier alpha value is -3.58. The molecule has 1 aromatic heterocycles. The Labute approximate surface area is 191 Å². The highest BCUT2D eigenvalue weighted by Gasteiger charge is 2.18. The molecular weight excluding hydrogens is 424 g/mol. The number of thiophene rings is 1. The number of carbonyl (C=O) groups excluding carboxylic acids is 2. The standard InChI is InChI=1S/C25H26N2O4S/c1-17-7-4-5-9-22(17)24(28)27-23(15-21-8-6-14-32-21)25(29)26-18(2)16-31-20-12-10-19(30-3)11-13-20/h4-15,18H,16H2,1-3H3,(H,26,29)(H,27,28)/b23-15-/t18-/m1/s1. The van der Waals surface area contributed by atoms with Crippen LogP contribution in [0.3, 0.4) is 0 Å². The van der Waals surface area contributed by atoms with Gasteiger partial charge in [-0.05, 0) is 67.3 Å². The van der Waals surface area contributed by atoms with Crippen molar-refractivity contribution in [3.8, 4) is 11.5 Å². The molecule has 7 heteroatoms. The van der Waals surface area contributed by atoms with Gasteiger partial charge in [0.15, 0.2) is 0 Å². The van der Waals surface area contributed by atoms with Crippen LogP contribution in [0.15, 0.2) is 71.7 Å². The molecule has 3 aromatic rings. The van der Waals surface area contributed by atoms with Crippen molar-refractivity contribution in [3.63, 3.8) is 0 Å². The van der Waals surface area contributed by atoms with Crippen molar-refractivity contribution in [1.29, 1.82) is 0 Å². The molecule has 0 aliphatic carbocycles. The molecule has 0 bridgehead atoms. The fraction of sp³-hybridized carbons (Fsp3) is 0.200. The third-order valence-electron chi connectivity index (χ3n) is 4.65. The van der Waals surface area contributed by atoms with Gasteiger partial charge in [-0.25, -0.2) is 0 Å². The summed E-state index contributed by atoms with van der Waals surface area (Å²) >= 11 is 1.48.